The number of hydrogen-bond donors (Lipinski definition) is 1. The van der Waals surface area contributed by atoms with Crippen molar-refractivity contribution in [3.63, 3.8) is 0 Å². The number of ether oxygens (including phenoxy) is 1. The second-order valence-electron chi connectivity index (χ2n) is 5.77. The van der Waals surface area contributed by atoms with E-state index in [9.17, 15) is 14.7 Å². The van der Waals surface area contributed by atoms with Crippen LogP contribution in [0.15, 0.2) is 11.0 Å². The van der Waals surface area contributed by atoms with Crippen LogP contribution in [-0.4, -0.2) is 39.4 Å². The zero-order valence-corrected chi connectivity index (χ0v) is 11.8. The summed E-state index contributed by atoms with van der Waals surface area (Å²) >= 11 is 0. The topological polar surface area (TPSA) is 71.8 Å². The van der Waals surface area contributed by atoms with Gasteiger partial charge in [-0.15, -0.1) is 0 Å². The van der Waals surface area contributed by atoms with Gasteiger partial charge in [-0.25, -0.2) is 0 Å². The summed E-state index contributed by atoms with van der Waals surface area (Å²) in [7, 11) is 0. The van der Waals surface area contributed by atoms with E-state index in [4.69, 9.17) is 4.74 Å². The molecular formula is C14H18N2O4. The van der Waals surface area contributed by atoms with Crippen LogP contribution in [0.4, 0.5) is 0 Å². The zero-order valence-electron chi connectivity index (χ0n) is 11.8. The van der Waals surface area contributed by atoms with E-state index in [2.05, 4.69) is 0 Å². The van der Waals surface area contributed by atoms with Gasteiger partial charge in [-0.2, -0.15) is 0 Å². The van der Waals surface area contributed by atoms with Gasteiger partial charge in [0.2, 0.25) is 5.43 Å². The van der Waals surface area contributed by atoms with Crippen molar-refractivity contribution in [1.82, 2.24) is 9.47 Å². The lowest BCUT2D eigenvalue weighted by Gasteiger charge is -2.33. The normalized spacial score (nSPS) is 25.0. The maximum atomic E-state index is 12.5. The van der Waals surface area contributed by atoms with Crippen LogP contribution >= 0.6 is 0 Å². The summed E-state index contributed by atoms with van der Waals surface area (Å²) in [4.78, 5) is 26.2. The van der Waals surface area contributed by atoms with Crippen molar-refractivity contribution in [2.24, 2.45) is 0 Å². The van der Waals surface area contributed by atoms with Crippen molar-refractivity contribution >= 4 is 5.91 Å². The van der Waals surface area contributed by atoms with Gasteiger partial charge in [-0.3, -0.25) is 9.59 Å². The molecule has 1 amide bonds. The third-order valence-electron chi connectivity index (χ3n) is 4.01. The van der Waals surface area contributed by atoms with Crippen LogP contribution in [0.2, 0.25) is 0 Å². The number of carbonyl (C=O) groups excluding carboxylic acids is 1. The molecule has 0 spiro atoms. The predicted octanol–water partition coefficient (Wildman–Crippen LogP) is 0.878. The predicted molar refractivity (Wildman–Crippen MR) is 71.8 cm³/mol. The summed E-state index contributed by atoms with van der Waals surface area (Å²) in [6.07, 6.45) is 1.36. The first kappa shape index (κ1) is 13.2. The molecule has 1 aromatic heterocycles. The summed E-state index contributed by atoms with van der Waals surface area (Å²) in [5.74, 6) is -0.794. The fourth-order valence-electron chi connectivity index (χ4n) is 2.91. The van der Waals surface area contributed by atoms with Crippen LogP contribution in [0.3, 0.4) is 0 Å². The molecule has 2 atom stereocenters. The first-order valence-corrected chi connectivity index (χ1v) is 6.82. The highest BCUT2D eigenvalue weighted by Crippen LogP contribution is 2.30. The quantitative estimate of drug-likeness (QED) is 0.827. The Morgan fingerprint density at radius 1 is 1.40 bits per heavy atom. The highest BCUT2D eigenvalue weighted by Gasteiger charge is 2.42. The van der Waals surface area contributed by atoms with E-state index in [1.807, 2.05) is 20.8 Å². The van der Waals surface area contributed by atoms with Crippen molar-refractivity contribution < 1.29 is 14.6 Å². The molecule has 108 valence electrons. The molecule has 3 rings (SSSR count). The summed E-state index contributed by atoms with van der Waals surface area (Å²) in [5.41, 5.74) is 0.136. The third kappa shape index (κ3) is 1.67. The van der Waals surface area contributed by atoms with Gasteiger partial charge < -0.3 is 19.3 Å². The average molecular weight is 278 g/mol. The number of hydrogen-bond acceptors (Lipinski definition) is 4. The van der Waals surface area contributed by atoms with Gasteiger partial charge in [0, 0.05) is 11.8 Å². The zero-order chi connectivity index (χ0) is 14.6. The molecule has 2 aliphatic rings. The van der Waals surface area contributed by atoms with Gasteiger partial charge in [0.15, 0.2) is 17.7 Å². The Kier molecular flexibility index (Phi) is 2.86. The molecule has 3 heterocycles. The van der Waals surface area contributed by atoms with Crippen molar-refractivity contribution in [2.75, 3.05) is 6.61 Å². The number of pyridine rings is 1. The first-order chi connectivity index (χ1) is 9.41. The van der Waals surface area contributed by atoms with E-state index in [-0.39, 0.29) is 29.8 Å². The number of aromatic hydroxyl groups is 1. The fraction of sp³-hybridized carbons (Fsp3) is 0.571. The Hall–Kier alpha value is -1.82. The van der Waals surface area contributed by atoms with Crippen LogP contribution in [0.5, 0.6) is 5.75 Å². The number of fused-ring (bicyclic) bond motifs is 2. The SMILES string of the molecule is CC(C)c1cn2c(c(O)c1=O)C(=O)N1[C@@H](C)CO[C@@H]1C2. The number of rotatable bonds is 1. The van der Waals surface area contributed by atoms with Crippen molar-refractivity contribution in [3.8, 4) is 5.75 Å². The van der Waals surface area contributed by atoms with Crippen LogP contribution in [0.1, 0.15) is 42.7 Å². The van der Waals surface area contributed by atoms with Crippen molar-refractivity contribution in [1.29, 1.82) is 0 Å². The molecule has 1 saturated heterocycles. The molecule has 0 aliphatic carbocycles. The van der Waals surface area contributed by atoms with E-state index in [1.165, 1.54) is 0 Å². The highest BCUT2D eigenvalue weighted by molar-refractivity contribution is 5.96. The molecule has 0 unspecified atom stereocenters. The highest BCUT2D eigenvalue weighted by atomic mass is 16.5. The first-order valence-electron chi connectivity index (χ1n) is 6.82. The molecular weight excluding hydrogens is 260 g/mol. The number of carbonyl (C=O) groups is 1. The van der Waals surface area contributed by atoms with E-state index in [1.54, 1.807) is 15.7 Å². The Balaban J connectivity index is 2.18. The van der Waals surface area contributed by atoms with Gasteiger partial charge >= 0.3 is 0 Å². The molecule has 6 heteroatoms. The van der Waals surface area contributed by atoms with Gasteiger partial charge in [0.05, 0.1) is 19.2 Å². The summed E-state index contributed by atoms with van der Waals surface area (Å²) in [6, 6.07) is -0.0412. The largest absolute Gasteiger partial charge is 0.503 e. The molecule has 2 aliphatic heterocycles. The monoisotopic (exact) mass is 278 g/mol. The Labute approximate surface area is 116 Å². The third-order valence-corrected chi connectivity index (χ3v) is 4.01. The molecule has 0 saturated carbocycles. The van der Waals surface area contributed by atoms with Crippen LogP contribution in [0.25, 0.3) is 0 Å². The summed E-state index contributed by atoms with van der Waals surface area (Å²) in [6.45, 7) is 6.58. The minimum Gasteiger partial charge on any atom is -0.503 e. The maximum absolute atomic E-state index is 12.5. The molecule has 0 radical (unpaired) electrons. The minimum atomic E-state index is -0.453. The second-order valence-corrected chi connectivity index (χ2v) is 5.77. The van der Waals surface area contributed by atoms with Crippen molar-refractivity contribution in [2.45, 2.75) is 45.5 Å². The summed E-state index contributed by atoms with van der Waals surface area (Å²) in [5, 5.41) is 10.1. The van der Waals surface area contributed by atoms with E-state index in [0.29, 0.717) is 18.7 Å². The van der Waals surface area contributed by atoms with Crippen LogP contribution in [0, 0.1) is 0 Å². The molecule has 1 N–H and O–H groups in total. The Morgan fingerprint density at radius 2 is 2.10 bits per heavy atom. The van der Waals surface area contributed by atoms with Gasteiger partial charge in [-0.1, -0.05) is 13.8 Å². The number of nitrogens with zero attached hydrogens (tertiary/aromatic N) is 2. The van der Waals surface area contributed by atoms with Crippen LogP contribution < -0.4 is 5.43 Å². The summed E-state index contributed by atoms with van der Waals surface area (Å²) < 4.78 is 7.24. The van der Waals surface area contributed by atoms with Crippen molar-refractivity contribution in [3.05, 3.63) is 27.7 Å². The van der Waals surface area contributed by atoms with Gasteiger partial charge in [0.1, 0.15) is 0 Å². The molecule has 20 heavy (non-hydrogen) atoms. The Morgan fingerprint density at radius 3 is 2.75 bits per heavy atom. The lowest BCUT2D eigenvalue weighted by atomic mass is 10.0. The second kappa shape index (κ2) is 4.34. The molecule has 0 bridgehead atoms. The Bertz CT molecular complexity index is 635. The number of amides is 1. The van der Waals surface area contributed by atoms with Gasteiger partial charge in [-0.05, 0) is 12.8 Å². The molecule has 1 aromatic rings. The fourth-order valence-corrected chi connectivity index (χ4v) is 2.91. The molecule has 6 nitrogen and oxygen atoms in total. The lowest BCUT2D eigenvalue weighted by molar-refractivity contribution is 0.00627. The molecule has 1 fully saturated rings. The van der Waals surface area contributed by atoms with Crippen LogP contribution in [-0.2, 0) is 11.3 Å². The van der Waals surface area contributed by atoms with E-state index >= 15 is 0 Å². The smallest absolute Gasteiger partial charge is 0.276 e. The van der Waals surface area contributed by atoms with E-state index < -0.39 is 11.2 Å². The average Bonchev–Trinajstić information content (AvgIpc) is 2.75. The maximum Gasteiger partial charge on any atom is 0.276 e. The molecule has 0 aromatic carbocycles. The van der Waals surface area contributed by atoms with Gasteiger partial charge in [0.25, 0.3) is 5.91 Å². The lowest BCUT2D eigenvalue weighted by Crippen LogP contribution is -2.48. The number of aromatic nitrogens is 1. The van der Waals surface area contributed by atoms with E-state index in [0.717, 1.165) is 0 Å². The standard InChI is InChI=1S/C14H18N2O4/c1-7(2)9-4-15-5-10-16(8(3)6-20-10)14(19)11(15)13(18)12(9)17/h4,7-8,10,18H,5-6H2,1-3H3/t8-,10+/m0/s1. The minimum absolute atomic E-state index is 0.0113.